The molecule has 6 nitrogen and oxygen atoms in total. The van der Waals surface area contributed by atoms with Gasteiger partial charge in [0, 0.05) is 5.56 Å². The van der Waals surface area contributed by atoms with Crippen LogP contribution in [0.15, 0.2) is 41.0 Å². The summed E-state index contributed by atoms with van der Waals surface area (Å²) in [5.41, 5.74) is 0.705. The van der Waals surface area contributed by atoms with E-state index in [4.69, 9.17) is 9.15 Å². The van der Waals surface area contributed by atoms with E-state index in [1.54, 1.807) is 26.2 Å². The van der Waals surface area contributed by atoms with E-state index in [1.165, 1.54) is 6.26 Å². The Bertz CT molecular complexity index is 680. The van der Waals surface area contributed by atoms with Crippen molar-refractivity contribution in [3.63, 3.8) is 0 Å². The minimum absolute atomic E-state index is 0.0318. The van der Waals surface area contributed by atoms with Crippen LogP contribution in [-0.2, 0) is 5.60 Å². The molecular weight excluding hydrogens is 308 g/mol. The van der Waals surface area contributed by atoms with E-state index >= 15 is 0 Å². The number of rotatable bonds is 6. The van der Waals surface area contributed by atoms with Crippen molar-refractivity contribution in [1.29, 1.82) is 0 Å². The lowest BCUT2D eigenvalue weighted by Crippen LogP contribution is -2.44. The first-order valence-electron chi connectivity index (χ1n) is 7.79. The number of hydrogen-bond donors (Lipinski definition) is 3. The summed E-state index contributed by atoms with van der Waals surface area (Å²) in [6, 6.07) is 8.54. The Morgan fingerprint density at radius 2 is 2.17 bits per heavy atom. The maximum Gasteiger partial charge on any atom is 0.315 e. The number of nitrogens with one attached hydrogen (secondary N) is 2. The molecule has 0 aliphatic carbocycles. The Kier molecular flexibility index (Phi) is 5.51. The SMILES string of the molecule is COc1ccc(C)cc1[C@@H](C)NC(=O)NC[C@@](C)(O)c1ccco1. The molecule has 2 atom stereocenters. The molecule has 0 saturated carbocycles. The van der Waals surface area contributed by atoms with E-state index in [0.29, 0.717) is 5.76 Å². The van der Waals surface area contributed by atoms with Crippen LogP contribution in [0.1, 0.15) is 36.8 Å². The third-order valence-electron chi connectivity index (χ3n) is 3.84. The van der Waals surface area contributed by atoms with Crippen molar-refractivity contribution in [2.75, 3.05) is 13.7 Å². The van der Waals surface area contributed by atoms with Crippen molar-refractivity contribution in [3.05, 3.63) is 53.5 Å². The zero-order valence-electron chi connectivity index (χ0n) is 14.4. The van der Waals surface area contributed by atoms with Crippen molar-refractivity contribution in [2.45, 2.75) is 32.4 Å². The number of aliphatic hydroxyl groups is 1. The Hall–Kier alpha value is -2.47. The van der Waals surface area contributed by atoms with Gasteiger partial charge in [-0.15, -0.1) is 0 Å². The van der Waals surface area contributed by atoms with E-state index in [-0.39, 0.29) is 18.6 Å². The number of furan rings is 1. The monoisotopic (exact) mass is 332 g/mol. The van der Waals surface area contributed by atoms with Gasteiger partial charge in [-0.1, -0.05) is 17.7 Å². The second kappa shape index (κ2) is 7.40. The first-order valence-corrected chi connectivity index (χ1v) is 7.79. The molecule has 130 valence electrons. The van der Waals surface area contributed by atoms with Crippen LogP contribution in [0.3, 0.4) is 0 Å². The fourth-order valence-electron chi connectivity index (χ4n) is 2.44. The van der Waals surface area contributed by atoms with Crippen LogP contribution >= 0.6 is 0 Å². The molecule has 0 bridgehead atoms. The standard InChI is InChI=1S/C18H24N2O4/c1-12-7-8-15(23-4)14(10-12)13(2)20-17(21)19-11-18(3,22)16-6-5-9-24-16/h5-10,13,22H,11H2,1-4H3,(H2,19,20,21)/t13-,18-/m1/s1. The summed E-state index contributed by atoms with van der Waals surface area (Å²) in [6.45, 7) is 5.47. The zero-order valence-corrected chi connectivity index (χ0v) is 14.4. The topological polar surface area (TPSA) is 83.7 Å². The highest BCUT2D eigenvalue weighted by Crippen LogP contribution is 2.26. The van der Waals surface area contributed by atoms with Crippen molar-refractivity contribution in [3.8, 4) is 5.75 Å². The van der Waals surface area contributed by atoms with Crippen molar-refractivity contribution in [2.24, 2.45) is 0 Å². The van der Waals surface area contributed by atoms with E-state index in [9.17, 15) is 9.90 Å². The van der Waals surface area contributed by atoms with Gasteiger partial charge in [0.25, 0.3) is 0 Å². The molecule has 2 amide bonds. The lowest BCUT2D eigenvalue weighted by atomic mass is 10.0. The van der Waals surface area contributed by atoms with Crippen LogP contribution in [-0.4, -0.2) is 24.8 Å². The average Bonchev–Trinajstić information content (AvgIpc) is 3.08. The van der Waals surface area contributed by atoms with Crippen LogP contribution in [0.2, 0.25) is 0 Å². The van der Waals surface area contributed by atoms with E-state index < -0.39 is 5.60 Å². The van der Waals surface area contributed by atoms with Crippen LogP contribution in [0, 0.1) is 6.92 Å². The number of ether oxygens (including phenoxy) is 1. The molecule has 2 rings (SSSR count). The third kappa shape index (κ3) is 4.29. The van der Waals surface area contributed by atoms with Gasteiger partial charge in [0.1, 0.15) is 17.1 Å². The summed E-state index contributed by atoms with van der Waals surface area (Å²) in [4.78, 5) is 12.1. The third-order valence-corrected chi connectivity index (χ3v) is 3.84. The van der Waals surface area contributed by atoms with Gasteiger partial charge < -0.3 is 24.9 Å². The summed E-state index contributed by atoms with van der Waals surface area (Å²) in [7, 11) is 1.60. The fourth-order valence-corrected chi connectivity index (χ4v) is 2.44. The van der Waals surface area contributed by atoms with Gasteiger partial charge >= 0.3 is 6.03 Å². The smallest absolute Gasteiger partial charge is 0.315 e. The fraction of sp³-hybridized carbons (Fsp3) is 0.389. The number of carbonyl (C=O) groups excluding carboxylic acids is 1. The predicted octanol–water partition coefficient (Wildman–Crippen LogP) is 2.86. The van der Waals surface area contributed by atoms with Crippen LogP contribution in [0.5, 0.6) is 5.75 Å². The van der Waals surface area contributed by atoms with Gasteiger partial charge in [0.15, 0.2) is 0 Å². The Morgan fingerprint density at radius 1 is 1.42 bits per heavy atom. The van der Waals surface area contributed by atoms with Gasteiger partial charge in [-0.05, 0) is 39.0 Å². The Labute approximate surface area is 141 Å². The maximum absolute atomic E-state index is 12.1. The molecule has 0 radical (unpaired) electrons. The molecule has 2 aromatic rings. The van der Waals surface area contributed by atoms with Crippen LogP contribution < -0.4 is 15.4 Å². The molecule has 3 N–H and O–H groups in total. The van der Waals surface area contributed by atoms with E-state index in [1.807, 2.05) is 32.0 Å². The second-order valence-corrected chi connectivity index (χ2v) is 6.05. The zero-order chi connectivity index (χ0) is 17.7. The van der Waals surface area contributed by atoms with Crippen molar-refractivity contribution >= 4 is 6.03 Å². The number of hydrogen-bond acceptors (Lipinski definition) is 4. The predicted molar refractivity (Wildman–Crippen MR) is 91.0 cm³/mol. The normalized spacial score (nSPS) is 14.5. The highest BCUT2D eigenvalue weighted by atomic mass is 16.5. The summed E-state index contributed by atoms with van der Waals surface area (Å²) < 4.78 is 10.5. The molecule has 6 heteroatoms. The van der Waals surface area contributed by atoms with Gasteiger partial charge in [0.2, 0.25) is 0 Å². The molecule has 1 aromatic heterocycles. The van der Waals surface area contributed by atoms with E-state index in [2.05, 4.69) is 10.6 Å². The van der Waals surface area contributed by atoms with E-state index in [0.717, 1.165) is 16.9 Å². The van der Waals surface area contributed by atoms with Gasteiger partial charge in [0.05, 0.1) is 26.0 Å². The molecule has 0 saturated heterocycles. The van der Waals surface area contributed by atoms with Crippen LogP contribution in [0.4, 0.5) is 4.79 Å². The molecular formula is C18H24N2O4. The number of carbonyl (C=O) groups is 1. The largest absolute Gasteiger partial charge is 0.496 e. The molecule has 24 heavy (non-hydrogen) atoms. The number of benzene rings is 1. The molecule has 0 aliphatic rings. The molecule has 1 heterocycles. The summed E-state index contributed by atoms with van der Waals surface area (Å²) in [5, 5.41) is 15.8. The molecule has 0 spiro atoms. The first-order chi connectivity index (χ1) is 11.3. The molecule has 0 aliphatic heterocycles. The van der Waals surface area contributed by atoms with Gasteiger partial charge in [-0.2, -0.15) is 0 Å². The molecule has 0 fully saturated rings. The number of amides is 2. The van der Waals surface area contributed by atoms with Crippen molar-refractivity contribution in [1.82, 2.24) is 10.6 Å². The summed E-state index contributed by atoms with van der Waals surface area (Å²) >= 11 is 0. The lowest BCUT2D eigenvalue weighted by molar-refractivity contribution is 0.0366. The highest BCUT2D eigenvalue weighted by Gasteiger charge is 2.27. The number of aryl methyl sites for hydroxylation is 1. The van der Waals surface area contributed by atoms with Gasteiger partial charge in [-0.25, -0.2) is 4.79 Å². The first kappa shape index (κ1) is 17.9. The Morgan fingerprint density at radius 3 is 2.79 bits per heavy atom. The summed E-state index contributed by atoms with van der Waals surface area (Å²) in [5.74, 6) is 1.12. The van der Waals surface area contributed by atoms with Gasteiger partial charge in [-0.3, -0.25) is 0 Å². The minimum Gasteiger partial charge on any atom is -0.496 e. The van der Waals surface area contributed by atoms with Crippen molar-refractivity contribution < 1.29 is 19.1 Å². The molecule has 1 aromatic carbocycles. The quantitative estimate of drug-likeness (QED) is 0.759. The average molecular weight is 332 g/mol. The number of methoxy groups -OCH3 is 1. The highest BCUT2D eigenvalue weighted by molar-refractivity contribution is 5.74. The second-order valence-electron chi connectivity index (χ2n) is 6.05. The minimum atomic E-state index is -1.27. The maximum atomic E-state index is 12.1. The number of urea groups is 1. The summed E-state index contributed by atoms with van der Waals surface area (Å²) in [6.07, 6.45) is 1.48. The molecule has 0 unspecified atom stereocenters. The Balaban J connectivity index is 1.96. The lowest BCUT2D eigenvalue weighted by Gasteiger charge is -2.23. The van der Waals surface area contributed by atoms with Crippen LogP contribution in [0.25, 0.3) is 0 Å².